The maximum absolute atomic E-state index is 5.68. The molecular formula is C9H9N3S2. The monoisotopic (exact) mass is 223 g/mol. The summed E-state index contributed by atoms with van der Waals surface area (Å²) < 4.78 is 3.79. The molecule has 0 aliphatic heterocycles. The molecule has 0 saturated carbocycles. The predicted octanol–water partition coefficient (Wildman–Crippen LogP) is 2.41. The van der Waals surface area contributed by atoms with Crippen LogP contribution in [0, 0.1) is 0 Å². The Morgan fingerprint density at radius 3 is 2.71 bits per heavy atom. The van der Waals surface area contributed by atoms with Gasteiger partial charge in [0, 0.05) is 22.2 Å². The van der Waals surface area contributed by atoms with Gasteiger partial charge in [-0.15, -0.1) is 16.9 Å². The highest BCUT2D eigenvalue weighted by atomic mass is 32.2. The Balaban J connectivity index is 1.99. The van der Waals surface area contributed by atoms with Gasteiger partial charge in [-0.3, -0.25) is 0 Å². The molecule has 0 unspecified atom stereocenters. The molecule has 0 fully saturated rings. The van der Waals surface area contributed by atoms with Crippen molar-refractivity contribution in [3.63, 3.8) is 0 Å². The fourth-order valence-electron chi connectivity index (χ4n) is 0.984. The molecule has 0 amide bonds. The predicted molar refractivity (Wildman–Crippen MR) is 60.3 cm³/mol. The van der Waals surface area contributed by atoms with Gasteiger partial charge in [-0.25, -0.2) is 0 Å². The van der Waals surface area contributed by atoms with E-state index < -0.39 is 0 Å². The van der Waals surface area contributed by atoms with Gasteiger partial charge in [0.15, 0.2) is 0 Å². The van der Waals surface area contributed by atoms with Gasteiger partial charge in [-0.2, -0.15) is 0 Å². The fourth-order valence-corrected chi connectivity index (χ4v) is 2.39. The highest BCUT2D eigenvalue weighted by Gasteiger charge is 2.03. The third-order valence-electron chi connectivity index (χ3n) is 1.70. The van der Waals surface area contributed by atoms with Gasteiger partial charge in [-0.05, 0) is 12.1 Å². The van der Waals surface area contributed by atoms with Crippen LogP contribution in [0.15, 0.2) is 35.2 Å². The molecule has 0 aliphatic rings. The summed E-state index contributed by atoms with van der Waals surface area (Å²) in [6.07, 6.45) is 0. The molecule has 2 N–H and O–H groups in total. The van der Waals surface area contributed by atoms with Crippen molar-refractivity contribution in [1.29, 1.82) is 0 Å². The van der Waals surface area contributed by atoms with Crippen LogP contribution in [0.5, 0.6) is 0 Å². The highest BCUT2D eigenvalue weighted by molar-refractivity contribution is 7.98. The lowest BCUT2D eigenvalue weighted by Crippen LogP contribution is -1.88. The summed E-state index contributed by atoms with van der Waals surface area (Å²) in [7, 11) is 0. The van der Waals surface area contributed by atoms with Crippen molar-refractivity contribution in [2.24, 2.45) is 0 Å². The van der Waals surface area contributed by atoms with Crippen LogP contribution in [-0.4, -0.2) is 9.59 Å². The zero-order valence-corrected chi connectivity index (χ0v) is 9.02. The molecule has 0 saturated heterocycles. The first-order valence-corrected chi connectivity index (χ1v) is 5.87. The molecule has 2 rings (SSSR count). The van der Waals surface area contributed by atoms with Crippen LogP contribution in [0.4, 0.5) is 5.00 Å². The molecule has 5 heteroatoms. The Morgan fingerprint density at radius 2 is 2.07 bits per heavy atom. The zero-order chi connectivity index (χ0) is 9.80. The number of benzene rings is 1. The van der Waals surface area contributed by atoms with Crippen molar-refractivity contribution in [2.75, 3.05) is 5.73 Å². The summed E-state index contributed by atoms with van der Waals surface area (Å²) in [6.45, 7) is 0. The summed E-state index contributed by atoms with van der Waals surface area (Å²) in [6, 6.07) is 10.2. The SMILES string of the molecule is Nc1snnc1CSc1ccccc1. The van der Waals surface area contributed by atoms with E-state index in [-0.39, 0.29) is 0 Å². The molecule has 2 aromatic rings. The summed E-state index contributed by atoms with van der Waals surface area (Å²) in [4.78, 5) is 1.22. The number of rotatable bonds is 3. The number of nitrogen functional groups attached to an aromatic ring is 1. The average molecular weight is 223 g/mol. The molecule has 3 nitrogen and oxygen atoms in total. The van der Waals surface area contributed by atoms with Crippen molar-refractivity contribution < 1.29 is 0 Å². The Kier molecular flexibility index (Phi) is 3.00. The van der Waals surface area contributed by atoms with Crippen LogP contribution in [0.1, 0.15) is 5.69 Å². The third kappa shape index (κ3) is 2.24. The summed E-state index contributed by atoms with van der Waals surface area (Å²) in [5.41, 5.74) is 6.56. The minimum Gasteiger partial charge on any atom is -0.388 e. The first-order valence-electron chi connectivity index (χ1n) is 4.11. The quantitative estimate of drug-likeness (QED) is 0.812. The maximum atomic E-state index is 5.68. The van der Waals surface area contributed by atoms with E-state index in [9.17, 15) is 0 Å². The van der Waals surface area contributed by atoms with Gasteiger partial charge in [0.05, 0.1) is 0 Å². The van der Waals surface area contributed by atoms with Crippen molar-refractivity contribution in [3.05, 3.63) is 36.0 Å². The van der Waals surface area contributed by atoms with E-state index in [1.54, 1.807) is 11.8 Å². The lowest BCUT2D eigenvalue weighted by molar-refractivity contribution is 1.08. The van der Waals surface area contributed by atoms with Crippen LogP contribution in [0.2, 0.25) is 0 Å². The zero-order valence-electron chi connectivity index (χ0n) is 7.38. The molecule has 1 aromatic heterocycles. The summed E-state index contributed by atoms with van der Waals surface area (Å²) >= 11 is 2.96. The van der Waals surface area contributed by atoms with E-state index in [2.05, 4.69) is 21.7 Å². The number of nitrogens with two attached hydrogens (primary N) is 1. The lowest BCUT2D eigenvalue weighted by Gasteiger charge is -1.98. The largest absolute Gasteiger partial charge is 0.388 e. The first kappa shape index (κ1) is 9.48. The standard InChI is InChI=1S/C9H9N3S2/c10-9-8(11-12-14-9)6-13-7-4-2-1-3-5-7/h1-5H,6,10H2. The van der Waals surface area contributed by atoms with Gasteiger partial charge in [0.25, 0.3) is 0 Å². The van der Waals surface area contributed by atoms with Crippen molar-refractivity contribution >= 4 is 28.3 Å². The van der Waals surface area contributed by atoms with Crippen molar-refractivity contribution in [1.82, 2.24) is 9.59 Å². The van der Waals surface area contributed by atoms with Crippen molar-refractivity contribution in [3.8, 4) is 0 Å². The van der Waals surface area contributed by atoms with Gasteiger partial charge < -0.3 is 5.73 Å². The molecule has 0 spiro atoms. The van der Waals surface area contributed by atoms with Crippen LogP contribution in [0.25, 0.3) is 0 Å². The van der Waals surface area contributed by atoms with Crippen LogP contribution in [0.3, 0.4) is 0 Å². The maximum Gasteiger partial charge on any atom is 0.131 e. The first-order chi connectivity index (χ1) is 6.86. The summed E-state index contributed by atoms with van der Waals surface area (Å²) in [5, 5.41) is 4.67. The lowest BCUT2D eigenvalue weighted by atomic mass is 10.4. The number of aromatic nitrogens is 2. The molecule has 1 heterocycles. The van der Waals surface area contributed by atoms with Gasteiger partial charge >= 0.3 is 0 Å². The highest BCUT2D eigenvalue weighted by Crippen LogP contribution is 2.24. The van der Waals surface area contributed by atoms with E-state index in [0.717, 1.165) is 11.4 Å². The Labute approximate surface area is 90.5 Å². The Hall–Kier alpha value is -1.07. The van der Waals surface area contributed by atoms with E-state index in [1.807, 2.05) is 18.2 Å². The smallest absolute Gasteiger partial charge is 0.131 e. The van der Waals surface area contributed by atoms with E-state index in [1.165, 1.54) is 16.4 Å². The molecular weight excluding hydrogens is 214 g/mol. The van der Waals surface area contributed by atoms with Crippen molar-refractivity contribution in [2.45, 2.75) is 10.6 Å². The second-order valence-corrected chi connectivity index (χ2v) is 4.52. The minimum absolute atomic E-state index is 0.716. The number of hydrogen-bond acceptors (Lipinski definition) is 5. The van der Waals surface area contributed by atoms with Gasteiger partial charge in [-0.1, -0.05) is 22.7 Å². The third-order valence-corrected chi connectivity index (χ3v) is 3.32. The second-order valence-electron chi connectivity index (χ2n) is 2.69. The van der Waals surface area contributed by atoms with E-state index >= 15 is 0 Å². The fraction of sp³-hybridized carbons (Fsp3) is 0.111. The molecule has 0 atom stereocenters. The van der Waals surface area contributed by atoms with E-state index in [0.29, 0.717) is 5.00 Å². The number of thioether (sulfide) groups is 1. The van der Waals surface area contributed by atoms with Crippen LogP contribution < -0.4 is 5.73 Å². The second kappa shape index (κ2) is 4.43. The topological polar surface area (TPSA) is 51.8 Å². The normalized spacial score (nSPS) is 10.3. The molecule has 14 heavy (non-hydrogen) atoms. The summed E-state index contributed by atoms with van der Waals surface area (Å²) in [5.74, 6) is 0.784. The molecule has 0 radical (unpaired) electrons. The minimum atomic E-state index is 0.716. The average Bonchev–Trinajstić information content (AvgIpc) is 2.63. The number of anilines is 1. The Morgan fingerprint density at radius 1 is 1.29 bits per heavy atom. The Bertz CT molecular complexity index is 399. The number of nitrogens with zero attached hydrogens (tertiary/aromatic N) is 2. The van der Waals surface area contributed by atoms with E-state index in [4.69, 9.17) is 5.73 Å². The van der Waals surface area contributed by atoms with Gasteiger partial charge in [0.1, 0.15) is 10.7 Å². The van der Waals surface area contributed by atoms with Crippen LogP contribution >= 0.6 is 23.3 Å². The van der Waals surface area contributed by atoms with Gasteiger partial charge in [0.2, 0.25) is 0 Å². The molecule has 72 valence electrons. The van der Waals surface area contributed by atoms with Crippen LogP contribution in [-0.2, 0) is 5.75 Å². The number of hydrogen-bond donors (Lipinski definition) is 1. The molecule has 0 aliphatic carbocycles. The molecule has 0 bridgehead atoms. The molecule has 1 aromatic carbocycles.